The lowest BCUT2D eigenvalue weighted by atomic mass is 9.95. The zero-order chi connectivity index (χ0) is 17.1. The molecule has 25 heavy (non-hydrogen) atoms. The molecule has 0 atom stereocenters. The van der Waals surface area contributed by atoms with E-state index in [1.54, 1.807) is 24.3 Å². The fraction of sp³-hybridized carbons (Fsp3) is 0.350. The summed E-state index contributed by atoms with van der Waals surface area (Å²) in [5.41, 5.74) is 2.37. The Kier molecular flexibility index (Phi) is 6.32. The van der Waals surface area contributed by atoms with Crippen LogP contribution in [0.1, 0.15) is 58.9 Å². The lowest BCUT2D eigenvalue weighted by Gasteiger charge is -2.13. The van der Waals surface area contributed by atoms with Crippen molar-refractivity contribution in [1.29, 1.82) is 0 Å². The van der Waals surface area contributed by atoms with Crippen LogP contribution in [0.3, 0.4) is 0 Å². The first kappa shape index (κ1) is 19.1. The standard InChI is InChI=1S/C20H23N2O2.ClH/c1-3-15(4-2)16-9-11-21(12-10-16)13-14-22-19(23)17-7-5-6-8-18(17)20(22)24;/h5-12,15H,3-4,13-14H2,1-2H3;1H/q+1;/p-1. The number of carbonyl (C=O) groups excluding carboxylic acids is 2. The Balaban J connectivity index is 0.00000225. The van der Waals surface area contributed by atoms with Crippen molar-refractivity contribution in [1.82, 2.24) is 4.90 Å². The summed E-state index contributed by atoms with van der Waals surface area (Å²) in [5.74, 6) is 0.214. The van der Waals surface area contributed by atoms with Gasteiger partial charge in [-0.25, -0.2) is 4.57 Å². The van der Waals surface area contributed by atoms with Gasteiger partial charge in [0.2, 0.25) is 0 Å². The number of nitrogens with zero attached hydrogens (tertiary/aromatic N) is 2. The molecular weight excluding hydrogens is 336 g/mol. The summed E-state index contributed by atoms with van der Waals surface area (Å²) in [6.45, 7) is 5.41. The predicted octanol–water partition coefficient (Wildman–Crippen LogP) is 0.178. The molecule has 0 aliphatic carbocycles. The highest BCUT2D eigenvalue weighted by atomic mass is 35.5. The summed E-state index contributed by atoms with van der Waals surface area (Å²) in [6, 6.07) is 11.3. The fourth-order valence-corrected chi connectivity index (χ4v) is 3.31. The monoisotopic (exact) mass is 358 g/mol. The van der Waals surface area contributed by atoms with E-state index in [1.807, 2.05) is 17.0 Å². The molecule has 0 saturated carbocycles. The molecule has 2 heterocycles. The normalized spacial score (nSPS) is 13.2. The van der Waals surface area contributed by atoms with Crippen LogP contribution in [0.15, 0.2) is 48.8 Å². The summed E-state index contributed by atoms with van der Waals surface area (Å²) >= 11 is 0. The number of hydrogen-bond acceptors (Lipinski definition) is 2. The summed E-state index contributed by atoms with van der Waals surface area (Å²) in [6.07, 6.45) is 6.34. The number of halogens is 1. The third-order valence-electron chi connectivity index (χ3n) is 4.83. The highest BCUT2D eigenvalue weighted by Gasteiger charge is 2.35. The van der Waals surface area contributed by atoms with Crippen LogP contribution in [-0.4, -0.2) is 23.3 Å². The van der Waals surface area contributed by atoms with Crippen molar-refractivity contribution in [2.24, 2.45) is 0 Å². The summed E-state index contributed by atoms with van der Waals surface area (Å²) in [7, 11) is 0. The third kappa shape index (κ3) is 3.74. The fourth-order valence-electron chi connectivity index (χ4n) is 3.31. The van der Waals surface area contributed by atoms with Gasteiger partial charge in [-0.05, 0) is 36.5 Å². The number of rotatable bonds is 6. The lowest BCUT2D eigenvalue weighted by molar-refractivity contribution is -0.696. The second kappa shape index (κ2) is 8.26. The van der Waals surface area contributed by atoms with Gasteiger partial charge >= 0.3 is 0 Å². The highest BCUT2D eigenvalue weighted by molar-refractivity contribution is 6.21. The molecule has 0 bridgehead atoms. The molecule has 2 aromatic rings. The van der Waals surface area contributed by atoms with E-state index in [2.05, 4.69) is 26.0 Å². The minimum absolute atomic E-state index is 0. The van der Waals surface area contributed by atoms with Crippen LogP contribution in [0.25, 0.3) is 0 Å². The van der Waals surface area contributed by atoms with Gasteiger partial charge in [-0.3, -0.25) is 14.5 Å². The first-order chi connectivity index (χ1) is 11.7. The third-order valence-corrected chi connectivity index (χ3v) is 4.83. The van der Waals surface area contributed by atoms with Gasteiger partial charge in [0, 0.05) is 12.1 Å². The molecule has 0 unspecified atom stereocenters. The largest absolute Gasteiger partial charge is 1.00 e. The van der Waals surface area contributed by atoms with Crippen LogP contribution < -0.4 is 17.0 Å². The number of fused-ring (bicyclic) bond motifs is 1. The van der Waals surface area contributed by atoms with E-state index in [9.17, 15) is 9.59 Å². The van der Waals surface area contributed by atoms with Crippen molar-refractivity contribution in [3.05, 3.63) is 65.5 Å². The molecular formula is C20H23ClN2O2. The van der Waals surface area contributed by atoms with Gasteiger partial charge < -0.3 is 12.4 Å². The smallest absolute Gasteiger partial charge is 0.261 e. The van der Waals surface area contributed by atoms with Crippen molar-refractivity contribution in [2.75, 3.05) is 6.54 Å². The molecule has 0 spiro atoms. The number of pyridine rings is 1. The molecule has 0 radical (unpaired) electrons. The Labute approximate surface area is 154 Å². The zero-order valence-corrected chi connectivity index (χ0v) is 15.4. The molecule has 3 rings (SSSR count). The molecule has 132 valence electrons. The number of hydrogen-bond donors (Lipinski definition) is 0. The molecule has 0 N–H and O–H groups in total. The molecule has 0 saturated heterocycles. The SMILES string of the molecule is CCC(CC)c1cc[n+](CCN2C(=O)c3ccccc3C2=O)cc1.[Cl-]. The molecule has 1 aromatic carbocycles. The van der Waals surface area contributed by atoms with Crippen LogP contribution in [0.4, 0.5) is 0 Å². The zero-order valence-electron chi connectivity index (χ0n) is 14.6. The van der Waals surface area contributed by atoms with Crippen LogP contribution >= 0.6 is 0 Å². The molecule has 1 aliphatic rings. The second-order valence-electron chi connectivity index (χ2n) is 6.19. The minimum Gasteiger partial charge on any atom is -1.00 e. The molecule has 1 aromatic heterocycles. The van der Waals surface area contributed by atoms with E-state index in [0.717, 1.165) is 12.8 Å². The number of imide groups is 1. The number of carbonyl (C=O) groups is 2. The highest BCUT2D eigenvalue weighted by Crippen LogP contribution is 2.22. The molecule has 5 heteroatoms. The van der Waals surface area contributed by atoms with E-state index in [4.69, 9.17) is 0 Å². The van der Waals surface area contributed by atoms with Gasteiger partial charge in [-0.2, -0.15) is 0 Å². The molecule has 2 amide bonds. The Morgan fingerprint density at radius 1 is 0.920 bits per heavy atom. The van der Waals surface area contributed by atoms with Gasteiger partial charge in [-0.15, -0.1) is 0 Å². The lowest BCUT2D eigenvalue weighted by Crippen LogP contribution is -3.00. The quantitative estimate of drug-likeness (QED) is 0.546. The van der Waals surface area contributed by atoms with Gasteiger partial charge in [0.25, 0.3) is 11.8 Å². The predicted molar refractivity (Wildman–Crippen MR) is 91.8 cm³/mol. The Hall–Kier alpha value is -2.20. The van der Waals surface area contributed by atoms with E-state index in [0.29, 0.717) is 30.1 Å². The van der Waals surface area contributed by atoms with Gasteiger partial charge in [0.1, 0.15) is 0 Å². The second-order valence-corrected chi connectivity index (χ2v) is 6.19. The summed E-state index contributed by atoms with van der Waals surface area (Å²) < 4.78 is 2.02. The number of aromatic nitrogens is 1. The van der Waals surface area contributed by atoms with Gasteiger partial charge in [0.05, 0.1) is 17.7 Å². The van der Waals surface area contributed by atoms with E-state index >= 15 is 0 Å². The van der Waals surface area contributed by atoms with E-state index in [1.165, 1.54) is 10.5 Å². The summed E-state index contributed by atoms with van der Waals surface area (Å²) in [5, 5.41) is 0. The van der Waals surface area contributed by atoms with Crippen molar-refractivity contribution in [2.45, 2.75) is 39.2 Å². The van der Waals surface area contributed by atoms with Crippen molar-refractivity contribution >= 4 is 11.8 Å². The average Bonchev–Trinajstić information content (AvgIpc) is 2.87. The minimum atomic E-state index is -0.190. The number of benzene rings is 1. The molecule has 1 aliphatic heterocycles. The van der Waals surface area contributed by atoms with Crippen LogP contribution in [-0.2, 0) is 6.54 Å². The first-order valence-corrected chi connectivity index (χ1v) is 8.60. The molecule has 0 fully saturated rings. The summed E-state index contributed by atoms with van der Waals surface area (Å²) in [4.78, 5) is 26.0. The van der Waals surface area contributed by atoms with Gasteiger partial charge in [0.15, 0.2) is 18.9 Å². The topological polar surface area (TPSA) is 41.3 Å². The maximum atomic E-state index is 12.3. The first-order valence-electron chi connectivity index (χ1n) is 8.60. The van der Waals surface area contributed by atoms with E-state index < -0.39 is 0 Å². The van der Waals surface area contributed by atoms with Crippen molar-refractivity contribution in [3.8, 4) is 0 Å². The Morgan fingerprint density at radius 2 is 1.44 bits per heavy atom. The van der Waals surface area contributed by atoms with Gasteiger partial charge in [-0.1, -0.05) is 26.0 Å². The van der Waals surface area contributed by atoms with Crippen LogP contribution in [0.5, 0.6) is 0 Å². The maximum Gasteiger partial charge on any atom is 0.261 e. The van der Waals surface area contributed by atoms with Crippen LogP contribution in [0, 0.1) is 0 Å². The van der Waals surface area contributed by atoms with Crippen molar-refractivity contribution < 1.29 is 26.6 Å². The number of amides is 2. The van der Waals surface area contributed by atoms with Crippen LogP contribution in [0.2, 0.25) is 0 Å². The Morgan fingerprint density at radius 3 is 1.92 bits per heavy atom. The maximum absolute atomic E-state index is 12.3. The Bertz CT molecular complexity index is 720. The average molecular weight is 359 g/mol. The van der Waals surface area contributed by atoms with Crippen molar-refractivity contribution in [3.63, 3.8) is 0 Å². The molecule has 4 nitrogen and oxygen atoms in total. The van der Waals surface area contributed by atoms with E-state index in [-0.39, 0.29) is 24.2 Å².